The van der Waals surface area contributed by atoms with E-state index in [0.717, 1.165) is 12.2 Å². The SMILES string of the molecule is CCCOc1cccnc1NCCCN(CC)S(C)(=O)=O. The minimum absolute atomic E-state index is 0.493. The van der Waals surface area contributed by atoms with Gasteiger partial charge in [-0.2, -0.15) is 0 Å². The zero-order valence-corrected chi connectivity index (χ0v) is 13.8. The first-order chi connectivity index (χ1) is 9.99. The van der Waals surface area contributed by atoms with Gasteiger partial charge in [0, 0.05) is 25.8 Å². The molecule has 0 fully saturated rings. The summed E-state index contributed by atoms with van der Waals surface area (Å²) in [5.41, 5.74) is 0. The van der Waals surface area contributed by atoms with Gasteiger partial charge in [0.15, 0.2) is 11.6 Å². The van der Waals surface area contributed by atoms with Crippen molar-refractivity contribution in [2.75, 3.05) is 37.8 Å². The van der Waals surface area contributed by atoms with Crippen molar-refractivity contribution in [3.8, 4) is 5.75 Å². The topological polar surface area (TPSA) is 71.5 Å². The summed E-state index contributed by atoms with van der Waals surface area (Å²) in [5.74, 6) is 1.43. The van der Waals surface area contributed by atoms with E-state index in [1.54, 1.807) is 6.20 Å². The van der Waals surface area contributed by atoms with Crippen LogP contribution in [0.2, 0.25) is 0 Å². The minimum Gasteiger partial charge on any atom is -0.490 e. The van der Waals surface area contributed by atoms with E-state index in [4.69, 9.17) is 4.74 Å². The van der Waals surface area contributed by atoms with Crippen LogP contribution in [-0.4, -0.2) is 50.2 Å². The van der Waals surface area contributed by atoms with Crippen LogP contribution in [-0.2, 0) is 10.0 Å². The Hall–Kier alpha value is -1.34. The maximum absolute atomic E-state index is 11.5. The number of nitrogens with zero attached hydrogens (tertiary/aromatic N) is 2. The summed E-state index contributed by atoms with van der Waals surface area (Å²) in [4.78, 5) is 4.25. The molecule has 0 aliphatic heterocycles. The highest BCUT2D eigenvalue weighted by atomic mass is 32.2. The summed E-state index contributed by atoms with van der Waals surface area (Å²) in [5, 5.41) is 3.20. The van der Waals surface area contributed by atoms with Gasteiger partial charge in [0.25, 0.3) is 0 Å². The number of sulfonamides is 1. The van der Waals surface area contributed by atoms with Crippen LogP contribution in [0.1, 0.15) is 26.7 Å². The molecule has 0 saturated carbocycles. The summed E-state index contributed by atoms with van der Waals surface area (Å²) < 4.78 is 30.0. The monoisotopic (exact) mass is 315 g/mol. The standard InChI is InChI=1S/C14H25N3O3S/c1-4-12-20-13-8-6-9-15-14(13)16-10-7-11-17(5-2)21(3,18)19/h6,8-9H,4-5,7,10-12H2,1-3H3,(H,15,16). The molecule has 0 amide bonds. The fraction of sp³-hybridized carbons (Fsp3) is 0.643. The highest BCUT2D eigenvalue weighted by Gasteiger charge is 2.13. The van der Waals surface area contributed by atoms with Crippen LogP contribution in [0.3, 0.4) is 0 Å². The van der Waals surface area contributed by atoms with Crippen LogP contribution in [0.15, 0.2) is 18.3 Å². The molecule has 21 heavy (non-hydrogen) atoms. The Balaban J connectivity index is 2.45. The van der Waals surface area contributed by atoms with Gasteiger partial charge in [-0.15, -0.1) is 0 Å². The van der Waals surface area contributed by atoms with E-state index in [1.165, 1.54) is 10.6 Å². The number of nitrogens with one attached hydrogen (secondary N) is 1. The molecule has 7 heteroatoms. The van der Waals surface area contributed by atoms with Gasteiger partial charge in [0.1, 0.15) is 0 Å². The summed E-state index contributed by atoms with van der Waals surface area (Å²) in [6.07, 6.45) is 4.59. The van der Waals surface area contributed by atoms with E-state index in [2.05, 4.69) is 10.3 Å². The molecule has 0 bridgehead atoms. The molecule has 0 spiro atoms. The van der Waals surface area contributed by atoms with Crippen molar-refractivity contribution in [1.82, 2.24) is 9.29 Å². The normalized spacial score (nSPS) is 11.6. The van der Waals surface area contributed by atoms with Gasteiger partial charge in [0.05, 0.1) is 12.9 Å². The lowest BCUT2D eigenvalue weighted by molar-refractivity contribution is 0.317. The van der Waals surface area contributed by atoms with E-state index in [-0.39, 0.29) is 0 Å². The smallest absolute Gasteiger partial charge is 0.211 e. The Bertz CT molecular complexity index is 520. The quantitative estimate of drug-likeness (QED) is 0.668. The lowest BCUT2D eigenvalue weighted by Gasteiger charge is -2.18. The van der Waals surface area contributed by atoms with E-state index < -0.39 is 10.0 Å². The van der Waals surface area contributed by atoms with Gasteiger partial charge in [0.2, 0.25) is 10.0 Å². The lowest BCUT2D eigenvalue weighted by atomic mass is 10.3. The zero-order chi connectivity index (χ0) is 15.7. The molecule has 0 saturated heterocycles. The minimum atomic E-state index is -3.12. The first-order valence-electron chi connectivity index (χ1n) is 7.25. The van der Waals surface area contributed by atoms with Gasteiger partial charge in [-0.05, 0) is 25.0 Å². The fourth-order valence-electron chi connectivity index (χ4n) is 1.87. The molecular formula is C14H25N3O3S. The van der Waals surface area contributed by atoms with Gasteiger partial charge >= 0.3 is 0 Å². The highest BCUT2D eigenvalue weighted by Crippen LogP contribution is 2.20. The molecule has 1 heterocycles. The molecule has 6 nitrogen and oxygen atoms in total. The molecular weight excluding hydrogens is 290 g/mol. The second-order valence-corrected chi connectivity index (χ2v) is 6.72. The number of rotatable bonds is 10. The average Bonchev–Trinajstić information content (AvgIpc) is 2.44. The van der Waals surface area contributed by atoms with Crippen molar-refractivity contribution in [3.63, 3.8) is 0 Å². The van der Waals surface area contributed by atoms with Crippen molar-refractivity contribution < 1.29 is 13.2 Å². The molecule has 0 aliphatic rings. The Kier molecular flexibility index (Phi) is 7.45. The fourth-order valence-corrected chi connectivity index (χ4v) is 2.80. The maximum Gasteiger partial charge on any atom is 0.211 e. The number of hydrogen-bond donors (Lipinski definition) is 1. The van der Waals surface area contributed by atoms with E-state index in [0.29, 0.717) is 38.5 Å². The number of anilines is 1. The first-order valence-corrected chi connectivity index (χ1v) is 9.10. The van der Waals surface area contributed by atoms with Gasteiger partial charge < -0.3 is 10.1 Å². The Morgan fingerprint density at radius 3 is 2.76 bits per heavy atom. The number of hydrogen-bond acceptors (Lipinski definition) is 5. The summed E-state index contributed by atoms with van der Waals surface area (Å²) in [6.45, 7) is 6.18. The van der Waals surface area contributed by atoms with Crippen LogP contribution < -0.4 is 10.1 Å². The van der Waals surface area contributed by atoms with Crippen molar-refractivity contribution >= 4 is 15.8 Å². The number of ether oxygens (including phenoxy) is 1. The molecule has 1 N–H and O–H groups in total. The van der Waals surface area contributed by atoms with Crippen LogP contribution in [0.5, 0.6) is 5.75 Å². The molecule has 0 atom stereocenters. The summed E-state index contributed by atoms with van der Waals surface area (Å²) in [7, 11) is -3.12. The predicted molar refractivity (Wildman–Crippen MR) is 85.2 cm³/mol. The van der Waals surface area contributed by atoms with E-state index in [1.807, 2.05) is 26.0 Å². The van der Waals surface area contributed by atoms with Crippen LogP contribution in [0.25, 0.3) is 0 Å². The zero-order valence-electron chi connectivity index (χ0n) is 13.0. The molecule has 0 unspecified atom stereocenters. The van der Waals surface area contributed by atoms with Crippen LogP contribution >= 0.6 is 0 Å². The highest BCUT2D eigenvalue weighted by molar-refractivity contribution is 7.88. The number of pyridine rings is 1. The molecule has 0 radical (unpaired) electrons. The van der Waals surface area contributed by atoms with Crippen LogP contribution in [0, 0.1) is 0 Å². The Labute approximate surface area is 127 Å². The maximum atomic E-state index is 11.5. The second-order valence-electron chi connectivity index (χ2n) is 4.73. The Morgan fingerprint density at radius 2 is 2.14 bits per heavy atom. The molecule has 0 aliphatic carbocycles. The molecule has 1 rings (SSSR count). The summed E-state index contributed by atoms with van der Waals surface area (Å²) >= 11 is 0. The predicted octanol–water partition coefficient (Wildman–Crippen LogP) is 1.95. The molecule has 120 valence electrons. The van der Waals surface area contributed by atoms with Crippen LogP contribution in [0.4, 0.5) is 5.82 Å². The van der Waals surface area contributed by atoms with Gasteiger partial charge in [-0.3, -0.25) is 0 Å². The Morgan fingerprint density at radius 1 is 1.38 bits per heavy atom. The lowest BCUT2D eigenvalue weighted by Crippen LogP contribution is -2.31. The van der Waals surface area contributed by atoms with E-state index >= 15 is 0 Å². The van der Waals surface area contributed by atoms with E-state index in [9.17, 15) is 8.42 Å². The van der Waals surface area contributed by atoms with Crippen molar-refractivity contribution in [1.29, 1.82) is 0 Å². The second kappa shape index (κ2) is 8.84. The summed E-state index contributed by atoms with van der Waals surface area (Å²) in [6, 6.07) is 3.71. The molecule has 1 aromatic rings. The van der Waals surface area contributed by atoms with Gasteiger partial charge in [-0.25, -0.2) is 17.7 Å². The third kappa shape index (κ3) is 6.31. The molecule has 1 aromatic heterocycles. The number of aromatic nitrogens is 1. The largest absolute Gasteiger partial charge is 0.490 e. The third-order valence-corrected chi connectivity index (χ3v) is 4.31. The van der Waals surface area contributed by atoms with Crippen molar-refractivity contribution in [2.24, 2.45) is 0 Å². The third-order valence-electron chi connectivity index (χ3n) is 2.93. The first kappa shape index (κ1) is 17.7. The molecule has 0 aromatic carbocycles. The van der Waals surface area contributed by atoms with Crippen molar-refractivity contribution in [2.45, 2.75) is 26.7 Å². The average molecular weight is 315 g/mol. The van der Waals surface area contributed by atoms with Crippen molar-refractivity contribution in [3.05, 3.63) is 18.3 Å². The van der Waals surface area contributed by atoms with Gasteiger partial charge in [-0.1, -0.05) is 13.8 Å².